The van der Waals surface area contributed by atoms with E-state index in [2.05, 4.69) is 5.32 Å². The lowest BCUT2D eigenvalue weighted by molar-refractivity contribution is -0.143. The summed E-state index contributed by atoms with van der Waals surface area (Å²) in [5, 5.41) is 2.31. The molecule has 0 radical (unpaired) electrons. The van der Waals surface area contributed by atoms with E-state index in [1.165, 1.54) is 18.2 Å². The number of anilines is 1. The molecule has 0 saturated carbocycles. The Hall–Kier alpha value is -3.49. The zero-order valence-corrected chi connectivity index (χ0v) is 15.0. The first-order chi connectivity index (χ1) is 14.0. The van der Waals surface area contributed by atoms with E-state index in [4.69, 9.17) is 4.74 Å². The number of para-hydroxylation sites is 3. The van der Waals surface area contributed by atoms with Crippen molar-refractivity contribution < 1.29 is 35.9 Å². The Kier molecular flexibility index (Phi) is 5.73. The third-order valence-electron chi connectivity index (χ3n) is 3.96. The summed E-state index contributed by atoms with van der Waals surface area (Å²) < 4.78 is 83.7. The Morgan fingerprint density at radius 2 is 1.27 bits per heavy atom. The molecule has 1 N–H and O–H groups in total. The molecule has 30 heavy (non-hydrogen) atoms. The van der Waals surface area contributed by atoms with Gasteiger partial charge in [0.05, 0.1) is 16.8 Å². The van der Waals surface area contributed by atoms with E-state index in [1.54, 1.807) is 36.4 Å². The van der Waals surface area contributed by atoms with Crippen LogP contribution in [0.15, 0.2) is 72.8 Å². The maximum atomic E-state index is 13.0. The molecule has 0 saturated heterocycles. The Labute approximate surface area is 166 Å². The third kappa shape index (κ3) is 5.11. The van der Waals surface area contributed by atoms with Gasteiger partial charge >= 0.3 is 12.4 Å². The highest BCUT2D eigenvalue weighted by atomic mass is 19.4. The largest absolute Gasteiger partial charge is 0.455 e. The molecule has 0 bridgehead atoms. The normalized spacial score (nSPS) is 11.8. The van der Waals surface area contributed by atoms with Crippen LogP contribution in [0.4, 0.5) is 32.0 Å². The van der Waals surface area contributed by atoms with Crippen molar-refractivity contribution in [2.45, 2.75) is 12.4 Å². The number of halogens is 6. The van der Waals surface area contributed by atoms with Crippen LogP contribution in [0.5, 0.6) is 11.5 Å². The van der Waals surface area contributed by atoms with Gasteiger partial charge in [0.25, 0.3) is 5.91 Å². The number of alkyl halides is 6. The van der Waals surface area contributed by atoms with Crippen molar-refractivity contribution in [1.29, 1.82) is 0 Å². The Bertz CT molecular complexity index is 1010. The van der Waals surface area contributed by atoms with E-state index >= 15 is 0 Å². The Balaban J connectivity index is 1.93. The standard InChI is InChI=1S/C21H13F6NO2/c22-20(23,24)14-10-13(11-15(12-14)21(25,26)27)19(29)28-17-8-4-5-9-18(17)30-16-6-2-1-3-7-16/h1-12H,(H,28,29). The topological polar surface area (TPSA) is 38.3 Å². The fourth-order valence-electron chi connectivity index (χ4n) is 2.55. The van der Waals surface area contributed by atoms with E-state index in [-0.39, 0.29) is 17.5 Å². The molecule has 0 aromatic heterocycles. The lowest BCUT2D eigenvalue weighted by Gasteiger charge is -2.15. The first-order valence-corrected chi connectivity index (χ1v) is 8.47. The summed E-state index contributed by atoms with van der Waals surface area (Å²) in [5.41, 5.74) is -3.85. The average molecular weight is 425 g/mol. The summed E-state index contributed by atoms with van der Waals surface area (Å²) in [4.78, 5) is 12.5. The Morgan fingerprint density at radius 1 is 0.733 bits per heavy atom. The smallest absolute Gasteiger partial charge is 0.416 e. The number of hydrogen-bond acceptors (Lipinski definition) is 2. The van der Waals surface area contributed by atoms with Crippen LogP contribution in [0.1, 0.15) is 21.5 Å². The molecule has 3 rings (SSSR count). The minimum absolute atomic E-state index is 0.0385. The molecule has 0 aliphatic carbocycles. The van der Waals surface area contributed by atoms with Crippen LogP contribution in [0.3, 0.4) is 0 Å². The minimum Gasteiger partial charge on any atom is -0.455 e. The van der Waals surface area contributed by atoms with Crippen LogP contribution in [0.2, 0.25) is 0 Å². The van der Waals surface area contributed by atoms with Crippen molar-refractivity contribution in [2.75, 3.05) is 5.32 Å². The van der Waals surface area contributed by atoms with Crippen LogP contribution in [0, 0.1) is 0 Å². The molecular formula is C21H13F6NO2. The summed E-state index contributed by atoms with van der Waals surface area (Å²) in [6, 6.07) is 15.2. The number of ether oxygens (including phenoxy) is 1. The van der Waals surface area contributed by atoms with Crippen LogP contribution < -0.4 is 10.1 Å². The maximum Gasteiger partial charge on any atom is 0.416 e. The quantitative estimate of drug-likeness (QED) is 0.469. The molecule has 0 spiro atoms. The van der Waals surface area contributed by atoms with Gasteiger partial charge in [-0.05, 0) is 42.5 Å². The van der Waals surface area contributed by atoms with E-state index < -0.39 is 35.0 Å². The molecule has 3 nitrogen and oxygen atoms in total. The van der Waals surface area contributed by atoms with Gasteiger partial charge in [-0.3, -0.25) is 4.79 Å². The first-order valence-electron chi connectivity index (χ1n) is 8.47. The second-order valence-corrected chi connectivity index (χ2v) is 6.16. The zero-order valence-electron chi connectivity index (χ0n) is 15.0. The van der Waals surface area contributed by atoms with Gasteiger partial charge in [0.15, 0.2) is 5.75 Å². The third-order valence-corrected chi connectivity index (χ3v) is 3.96. The summed E-state index contributed by atoms with van der Waals surface area (Å²) in [6.07, 6.45) is -10.1. The maximum absolute atomic E-state index is 13.0. The lowest BCUT2D eigenvalue weighted by Crippen LogP contribution is -2.17. The van der Waals surface area contributed by atoms with Crippen molar-refractivity contribution in [1.82, 2.24) is 0 Å². The van der Waals surface area contributed by atoms with Gasteiger partial charge < -0.3 is 10.1 Å². The van der Waals surface area contributed by atoms with E-state index in [0.717, 1.165) is 0 Å². The first kappa shape index (κ1) is 21.2. The predicted molar refractivity (Wildman–Crippen MR) is 97.4 cm³/mol. The molecule has 3 aromatic rings. The second kappa shape index (κ2) is 8.10. The number of rotatable bonds is 4. The minimum atomic E-state index is -5.05. The monoisotopic (exact) mass is 425 g/mol. The summed E-state index contributed by atoms with van der Waals surface area (Å²) in [6.45, 7) is 0. The Morgan fingerprint density at radius 3 is 1.83 bits per heavy atom. The molecule has 0 aliphatic heterocycles. The van der Waals surface area contributed by atoms with Gasteiger partial charge in [-0.2, -0.15) is 26.3 Å². The number of benzene rings is 3. The summed E-state index contributed by atoms with van der Waals surface area (Å²) in [5.74, 6) is -0.548. The average Bonchev–Trinajstić information content (AvgIpc) is 2.68. The van der Waals surface area contributed by atoms with Crippen molar-refractivity contribution in [3.05, 3.63) is 89.5 Å². The van der Waals surface area contributed by atoms with Crippen molar-refractivity contribution in [3.8, 4) is 11.5 Å². The fourth-order valence-corrected chi connectivity index (χ4v) is 2.55. The van der Waals surface area contributed by atoms with E-state index in [1.807, 2.05) is 0 Å². The van der Waals surface area contributed by atoms with Gasteiger partial charge in [0, 0.05) is 5.56 Å². The summed E-state index contributed by atoms with van der Waals surface area (Å²) in [7, 11) is 0. The molecule has 0 aliphatic rings. The van der Waals surface area contributed by atoms with Gasteiger partial charge in [-0.25, -0.2) is 0 Å². The number of carbonyl (C=O) groups is 1. The second-order valence-electron chi connectivity index (χ2n) is 6.16. The highest BCUT2D eigenvalue weighted by molar-refractivity contribution is 6.05. The molecule has 9 heteroatoms. The fraction of sp³-hybridized carbons (Fsp3) is 0.0952. The van der Waals surface area contributed by atoms with Crippen LogP contribution in [0.25, 0.3) is 0 Å². The van der Waals surface area contributed by atoms with Crippen molar-refractivity contribution >= 4 is 11.6 Å². The van der Waals surface area contributed by atoms with E-state index in [0.29, 0.717) is 17.9 Å². The molecule has 0 atom stereocenters. The van der Waals surface area contributed by atoms with Crippen molar-refractivity contribution in [2.24, 2.45) is 0 Å². The SMILES string of the molecule is O=C(Nc1ccccc1Oc1ccccc1)c1cc(C(F)(F)F)cc(C(F)(F)F)c1. The highest BCUT2D eigenvalue weighted by Crippen LogP contribution is 2.37. The zero-order chi connectivity index (χ0) is 21.9. The van der Waals surface area contributed by atoms with Crippen LogP contribution >= 0.6 is 0 Å². The number of amides is 1. The predicted octanol–water partition coefficient (Wildman–Crippen LogP) is 6.77. The van der Waals surface area contributed by atoms with Crippen molar-refractivity contribution in [3.63, 3.8) is 0 Å². The lowest BCUT2D eigenvalue weighted by atomic mass is 10.0. The number of hydrogen-bond donors (Lipinski definition) is 1. The molecule has 1 amide bonds. The van der Waals surface area contributed by atoms with Gasteiger partial charge in [0.2, 0.25) is 0 Å². The number of nitrogens with one attached hydrogen (secondary N) is 1. The summed E-state index contributed by atoms with van der Waals surface area (Å²) >= 11 is 0. The molecule has 156 valence electrons. The molecule has 3 aromatic carbocycles. The molecular weight excluding hydrogens is 412 g/mol. The van der Waals surface area contributed by atoms with Gasteiger partial charge in [-0.15, -0.1) is 0 Å². The van der Waals surface area contributed by atoms with Gasteiger partial charge in [0.1, 0.15) is 5.75 Å². The van der Waals surface area contributed by atoms with Crippen LogP contribution in [-0.2, 0) is 12.4 Å². The molecule has 0 heterocycles. The van der Waals surface area contributed by atoms with Gasteiger partial charge in [-0.1, -0.05) is 30.3 Å². The van der Waals surface area contributed by atoms with Crippen LogP contribution in [-0.4, -0.2) is 5.91 Å². The van der Waals surface area contributed by atoms with E-state index in [9.17, 15) is 31.1 Å². The molecule has 0 fully saturated rings. The molecule has 0 unspecified atom stereocenters. The number of carbonyl (C=O) groups excluding carboxylic acids is 1. The highest BCUT2D eigenvalue weighted by Gasteiger charge is 2.37.